The molecule has 0 atom stereocenters. The number of hydrogen-bond donors (Lipinski definition) is 0. The first-order chi connectivity index (χ1) is 9.80. The van der Waals surface area contributed by atoms with Crippen molar-refractivity contribution in [3.63, 3.8) is 0 Å². The Hall–Kier alpha value is 0.0296. The van der Waals surface area contributed by atoms with E-state index in [0.29, 0.717) is 38.8 Å². The number of amides is 4. The monoisotopic (exact) mass is 540 g/mol. The summed E-state index contributed by atoms with van der Waals surface area (Å²) in [7, 11) is 0. The Labute approximate surface area is 139 Å². The van der Waals surface area contributed by atoms with Crippen LogP contribution in [0.5, 0.6) is 0 Å². The number of hydrogen-bond acceptors (Lipinski definition) is 4. The molecule has 2 rings (SSSR count). The van der Waals surface area contributed by atoms with Crippen molar-refractivity contribution in [3.05, 3.63) is 0 Å². The van der Waals surface area contributed by atoms with Gasteiger partial charge in [-0.25, -0.2) is 0 Å². The molecule has 2 aliphatic heterocycles. The molecule has 2 saturated heterocycles. The molecule has 0 aliphatic carbocycles. The van der Waals surface area contributed by atoms with Crippen molar-refractivity contribution in [3.8, 4) is 0 Å². The van der Waals surface area contributed by atoms with Crippen molar-refractivity contribution in [1.29, 1.82) is 0 Å². The Morgan fingerprint density at radius 1 is 0.905 bits per heavy atom. The molecule has 118 valence electrons. The summed E-state index contributed by atoms with van der Waals surface area (Å²) in [5.41, 5.74) is 0. The van der Waals surface area contributed by atoms with E-state index in [0.717, 1.165) is 0 Å². The number of nitrogens with zero attached hydrogens (tertiary/aromatic N) is 2. The van der Waals surface area contributed by atoms with Gasteiger partial charge in [-0.15, -0.1) is 0 Å². The molecule has 0 aromatic carbocycles. The number of carbonyl (C=O) groups is 4. The maximum absolute atomic E-state index is 12.1. The molecule has 0 unspecified atom stereocenters. The van der Waals surface area contributed by atoms with E-state index in [9.17, 15) is 19.2 Å². The van der Waals surface area contributed by atoms with Crippen molar-refractivity contribution in [2.75, 3.05) is 13.1 Å². The maximum atomic E-state index is 12.1. The first kappa shape index (κ1) is 17.4. The Morgan fingerprint density at radius 2 is 1.29 bits per heavy atom. The molecule has 0 N–H and O–H groups in total. The molecule has 0 radical (unpaired) electrons. The summed E-state index contributed by atoms with van der Waals surface area (Å²) in [6, 6.07) is 0. The first-order valence-corrected chi connectivity index (χ1v) is 20.4. The summed E-state index contributed by atoms with van der Waals surface area (Å²) >= 11 is 3.95. The van der Waals surface area contributed by atoms with Crippen LogP contribution in [0.1, 0.15) is 25.7 Å². The summed E-state index contributed by atoms with van der Waals surface area (Å²) in [5.74, 6) is -0.736. The predicted octanol–water partition coefficient (Wildman–Crippen LogP) is 1.52. The SMILES string of the molecule is O=C1CCCN1C(=O)C[Te](Br)(Br)CC(=O)N1CCCC1=O. The Kier molecular flexibility index (Phi) is 5.85. The second-order valence-corrected chi connectivity index (χ2v) is 33.2. The molecule has 2 aliphatic rings. The van der Waals surface area contributed by atoms with Gasteiger partial charge in [-0.05, 0) is 0 Å². The number of carbonyl (C=O) groups excluding carboxylic acids is 4. The zero-order valence-electron chi connectivity index (χ0n) is 11.3. The van der Waals surface area contributed by atoms with Crippen LogP contribution in [0.3, 0.4) is 0 Å². The van der Waals surface area contributed by atoms with Gasteiger partial charge in [-0.3, -0.25) is 0 Å². The molecule has 9 heteroatoms. The van der Waals surface area contributed by atoms with Crippen LogP contribution in [0.15, 0.2) is 0 Å². The molecule has 2 heterocycles. The Bertz CT molecular complexity index is 456. The average molecular weight is 540 g/mol. The zero-order chi connectivity index (χ0) is 15.6. The second kappa shape index (κ2) is 7.07. The van der Waals surface area contributed by atoms with Crippen LogP contribution in [0.2, 0.25) is 8.94 Å². The number of rotatable bonds is 4. The van der Waals surface area contributed by atoms with Crippen LogP contribution in [0.25, 0.3) is 0 Å². The summed E-state index contributed by atoms with van der Waals surface area (Å²) in [4.78, 5) is 49.9. The van der Waals surface area contributed by atoms with Crippen LogP contribution in [-0.4, -0.2) is 60.3 Å². The van der Waals surface area contributed by atoms with Crippen LogP contribution >= 0.6 is 25.5 Å². The summed E-state index contributed by atoms with van der Waals surface area (Å²) < 4.78 is 0.337. The van der Waals surface area contributed by atoms with E-state index in [2.05, 4.69) is 25.5 Å². The molecule has 21 heavy (non-hydrogen) atoms. The summed E-state index contributed by atoms with van der Waals surface area (Å²) in [6.07, 6.45) is 2.24. The predicted molar refractivity (Wildman–Crippen MR) is 85.1 cm³/mol. The molecular formula is C12H16Br2N2O4Te. The number of halogens is 2. The topological polar surface area (TPSA) is 74.8 Å². The van der Waals surface area contributed by atoms with Gasteiger partial charge in [0.2, 0.25) is 0 Å². The molecule has 0 spiro atoms. The number of likely N-dealkylation sites (tertiary alicyclic amines) is 2. The number of imide groups is 2. The fraction of sp³-hybridized carbons (Fsp3) is 0.667. The Morgan fingerprint density at radius 3 is 1.57 bits per heavy atom. The average Bonchev–Trinajstić information content (AvgIpc) is 2.96. The van der Waals surface area contributed by atoms with Gasteiger partial charge in [-0.1, -0.05) is 0 Å². The van der Waals surface area contributed by atoms with E-state index in [1.54, 1.807) is 0 Å². The van der Waals surface area contributed by atoms with Crippen LogP contribution < -0.4 is 0 Å². The standard InChI is InChI=1S/C12H16Br2N2O4Te/c13-21(14,7-11(19)15-5-1-3-9(15)17)8-12(20)16-6-2-4-10(16)18/h1-8H2. The molecule has 0 saturated carbocycles. The fourth-order valence-electron chi connectivity index (χ4n) is 2.39. The molecule has 6 nitrogen and oxygen atoms in total. The molecular weight excluding hydrogens is 524 g/mol. The van der Waals surface area contributed by atoms with Gasteiger partial charge in [0.25, 0.3) is 0 Å². The third-order valence-electron chi connectivity index (χ3n) is 3.42. The van der Waals surface area contributed by atoms with Gasteiger partial charge >= 0.3 is 140 Å². The van der Waals surface area contributed by atoms with E-state index in [-0.39, 0.29) is 32.6 Å². The van der Waals surface area contributed by atoms with Crippen molar-refractivity contribution >= 4 is 62.9 Å². The van der Waals surface area contributed by atoms with E-state index >= 15 is 0 Å². The van der Waals surface area contributed by atoms with Gasteiger partial charge in [0.1, 0.15) is 0 Å². The normalized spacial score (nSPS) is 20.3. The van der Waals surface area contributed by atoms with E-state index in [1.807, 2.05) is 0 Å². The van der Waals surface area contributed by atoms with Gasteiger partial charge in [0, 0.05) is 0 Å². The van der Waals surface area contributed by atoms with Crippen LogP contribution in [0.4, 0.5) is 0 Å². The van der Waals surface area contributed by atoms with E-state index in [4.69, 9.17) is 0 Å². The first-order valence-electron chi connectivity index (χ1n) is 6.64. The van der Waals surface area contributed by atoms with Gasteiger partial charge < -0.3 is 0 Å². The minimum atomic E-state index is -3.06. The van der Waals surface area contributed by atoms with E-state index in [1.165, 1.54) is 9.80 Å². The molecule has 0 bridgehead atoms. The molecule has 0 aromatic rings. The van der Waals surface area contributed by atoms with Crippen LogP contribution in [0, 0.1) is 0 Å². The fourth-order valence-corrected chi connectivity index (χ4v) is 10.9. The second-order valence-electron chi connectivity index (χ2n) is 5.07. The quantitative estimate of drug-likeness (QED) is 0.508. The van der Waals surface area contributed by atoms with Gasteiger partial charge in [-0.2, -0.15) is 0 Å². The van der Waals surface area contributed by atoms with Crippen molar-refractivity contribution < 1.29 is 19.2 Å². The van der Waals surface area contributed by atoms with E-state index < -0.39 is 13.8 Å². The van der Waals surface area contributed by atoms with Crippen LogP contribution in [-0.2, 0) is 19.2 Å². The van der Waals surface area contributed by atoms with Gasteiger partial charge in [0.15, 0.2) is 0 Å². The van der Waals surface area contributed by atoms with Crippen molar-refractivity contribution in [2.45, 2.75) is 34.6 Å². The minimum absolute atomic E-state index is 0.139. The third-order valence-corrected chi connectivity index (χ3v) is 13.4. The van der Waals surface area contributed by atoms with Crippen molar-refractivity contribution in [1.82, 2.24) is 9.80 Å². The van der Waals surface area contributed by atoms with Gasteiger partial charge in [0.05, 0.1) is 0 Å². The Balaban J connectivity index is 1.91. The molecule has 4 amide bonds. The summed E-state index contributed by atoms with van der Waals surface area (Å²) in [5, 5.41) is 0. The third kappa shape index (κ3) is 4.50. The molecule has 2 fully saturated rings. The molecule has 0 aromatic heterocycles. The summed E-state index contributed by atoms with van der Waals surface area (Å²) in [6.45, 7) is 0.934. The van der Waals surface area contributed by atoms with Crippen molar-refractivity contribution in [2.24, 2.45) is 0 Å². The zero-order valence-corrected chi connectivity index (χ0v) is 16.9.